The van der Waals surface area contributed by atoms with Crippen LogP contribution in [-0.2, 0) is 11.3 Å². The maximum atomic E-state index is 12.9. The number of aromatic amines is 1. The number of anilines is 2. The lowest BCUT2D eigenvalue weighted by Crippen LogP contribution is -2.43. The number of nitrogens with two attached hydrogens (primary N) is 1. The third kappa shape index (κ3) is 5.41. The highest BCUT2D eigenvalue weighted by Crippen LogP contribution is 2.22. The molecule has 1 heterocycles. The largest absolute Gasteiger partial charge is 0.484 e. The highest BCUT2D eigenvalue weighted by Gasteiger charge is 2.24. The number of benzene rings is 1. The van der Waals surface area contributed by atoms with Crippen LogP contribution in [0.4, 0.5) is 11.5 Å². The van der Waals surface area contributed by atoms with Crippen molar-refractivity contribution in [3.8, 4) is 5.75 Å². The molecule has 0 fully saturated rings. The summed E-state index contributed by atoms with van der Waals surface area (Å²) in [4.78, 5) is 41.0. The van der Waals surface area contributed by atoms with Crippen LogP contribution in [0.15, 0.2) is 27.8 Å². The topological polar surface area (TPSA) is 110 Å². The van der Waals surface area contributed by atoms with Gasteiger partial charge in [0.2, 0.25) is 0 Å². The van der Waals surface area contributed by atoms with E-state index in [1.807, 2.05) is 20.8 Å². The molecule has 2 aromatic rings. The number of nitrogens with zero attached hydrogens (tertiary/aromatic N) is 2. The van der Waals surface area contributed by atoms with Crippen molar-refractivity contribution in [3.63, 3.8) is 0 Å². The van der Waals surface area contributed by atoms with Crippen LogP contribution < -0.4 is 26.6 Å². The average Bonchev–Trinajstić information content (AvgIpc) is 2.68. The Morgan fingerprint density at radius 1 is 1.28 bits per heavy atom. The van der Waals surface area contributed by atoms with Crippen molar-refractivity contribution in [1.82, 2.24) is 9.55 Å². The SMILES string of the molecule is CCCCN(C(=O)COc1ccc(Cl)c(C)c1)c1c(N)n(CCC)c(=O)[nH]c1=O. The molecule has 1 aromatic carbocycles. The summed E-state index contributed by atoms with van der Waals surface area (Å²) in [6.07, 6.45) is 2.13. The van der Waals surface area contributed by atoms with Crippen LogP contribution in [0.25, 0.3) is 0 Å². The molecule has 0 aliphatic heterocycles. The Morgan fingerprint density at radius 2 is 2.00 bits per heavy atom. The Balaban J connectivity index is 2.34. The number of ether oxygens (including phenoxy) is 1. The van der Waals surface area contributed by atoms with Crippen molar-refractivity contribution in [3.05, 3.63) is 49.6 Å². The smallest absolute Gasteiger partial charge is 0.330 e. The maximum absolute atomic E-state index is 12.9. The van der Waals surface area contributed by atoms with Gasteiger partial charge in [-0.1, -0.05) is 31.9 Å². The Labute approximate surface area is 174 Å². The fraction of sp³-hybridized carbons (Fsp3) is 0.450. The third-order valence-electron chi connectivity index (χ3n) is 4.46. The first-order chi connectivity index (χ1) is 13.8. The number of aryl methyl sites for hydroxylation is 1. The first kappa shape index (κ1) is 22.5. The minimum absolute atomic E-state index is 0.0209. The number of carbonyl (C=O) groups excluding carboxylic acids is 1. The van der Waals surface area contributed by atoms with Crippen molar-refractivity contribution in [1.29, 1.82) is 0 Å². The van der Waals surface area contributed by atoms with Gasteiger partial charge in [-0.15, -0.1) is 0 Å². The molecule has 8 nitrogen and oxygen atoms in total. The molecule has 2 rings (SSSR count). The first-order valence-corrected chi connectivity index (χ1v) is 9.99. The average molecular weight is 423 g/mol. The van der Waals surface area contributed by atoms with Crippen LogP contribution in [0.3, 0.4) is 0 Å². The van der Waals surface area contributed by atoms with Crippen molar-refractivity contribution >= 4 is 29.0 Å². The van der Waals surface area contributed by atoms with Crippen LogP contribution in [0.2, 0.25) is 5.02 Å². The zero-order valence-corrected chi connectivity index (χ0v) is 17.7. The molecule has 0 saturated heterocycles. The molecule has 0 spiro atoms. The van der Waals surface area contributed by atoms with Crippen LogP contribution in [-0.4, -0.2) is 28.6 Å². The summed E-state index contributed by atoms with van der Waals surface area (Å²) in [5.41, 5.74) is 5.65. The van der Waals surface area contributed by atoms with Crippen LogP contribution in [0, 0.1) is 6.92 Å². The van der Waals surface area contributed by atoms with Gasteiger partial charge in [-0.25, -0.2) is 4.79 Å². The Morgan fingerprint density at radius 3 is 2.62 bits per heavy atom. The zero-order chi connectivity index (χ0) is 21.6. The van der Waals surface area contributed by atoms with Gasteiger partial charge in [-0.2, -0.15) is 0 Å². The molecule has 3 N–H and O–H groups in total. The van der Waals surface area contributed by atoms with Gasteiger partial charge >= 0.3 is 5.69 Å². The lowest BCUT2D eigenvalue weighted by molar-refractivity contribution is -0.120. The molecule has 0 bridgehead atoms. The summed E-state index contributed by atoms with van der Waals surface area (Å²) in [6.45, 7) is 6.04. The van der Waals surface area contributed by atoms with Crippen molar-refractivity contribution < 1.29 is 9.53 Å². The number of halogens is 1. The Bertz CT molecular complexity index is 983. The molecule has 0 radical (unpaired) electrons. The molecule has 29 heavy (non-hydrogen) atoms. The van der Waals surface area contributed by atoms with Gasteiger partial charge in [0, 0.05) is 18.1 Å². The van der Waals surface area contributed by atoms with E-state index in [1.54, 1.807) is 18.2 Å². The van der Waals surface area contributed by atoms with Crippen molar-refractivity contribution in [2.24, 2.45) is 0 Å². The minimum atomic E-state index is -0.688. The van der Waals surface area contributed by atoms with E-state index in [0.717, 1.165) is 12.0 Å². The van der Waals surface area contributed by atoms with Gasteiger partial charge < -0.3 is 15.4 Å². The molecule has 1 aromatic heterocycles. The standard InChI is InChI=1S/C20H27ClN4O4/c1-4-6-10-24(16(26)12-29-14-7-8-15(21)13(3)11-14)17-18(22)25(9-5-2)20(28)23-19(17)27/h7-8,11H,4-6,9-10,12,22H2,1-3H3,(H,23,27,28). The van der Waals surface area contributed by atoms with Crippen molar-refractivity contribution in [2.45, 2.75) is 46.6 Å². The Kier molecular flexibility index (Phi) is 7.90. The van der Waals surface area contributed by atoms with Crippen molar-refractivity contribution in [2.75, 3.05) is 23.8 Å². The summed E-state index contributed by atoms with van der Waals surface area (Å²) >= 11 is 6.01. The fourth-order valence-electron chi connectivity index (χ4n) is 2.89. The van der Waals surface area contributed by atoms with Gasteiger partial charge in [-0.3, -0.25) is 19.1 Å². The quantitative estimate of drug-likeness (QED) is 0.645. The van der Waals surface area contributed by atoms with Gasteiger partial charge in [0.25, 0.3) is 11.5 Å². The number of rotatable bonds is 9. The number of unbranched alkanes of at least 4 members (excludes halogenated alkanes) is 1. The second-order valence-electron chi connectivity index (χ2n) is 6.74. The molecule has 9 heteroatoms. The number of nitrogens with one attached hydrogen (secondary N) is 1. The van der Waals surface area contributed by atoms with Crippen LogP contribution in [0.1, 0.15) is 38.7 Å². The number of amides is 1. The molecule has 1 amide bonds. The van der Waals surface area contributed by atoms with E-state index in [-0.39, 0.29) is 24.7 Å². The summed E-state index contributed by atoms with van der Waals surface area (Å²) in [7, 11) is 0. The lowest BCUT2D eigenvalue weighted by atomic mass is 10.2. The van der Waals surface area contributed by atoms with E-state index in [2.05, 4.69) is 4.98 Å². The zero-order valence-electron chi connectivity index (χ0n) is 17.0. The summed E-state index contributed by atoms with van der Waals surface area (Å²) in [6, 6.07) is 5.09. The summed E-state index contributed by atoms with van der Waals surface area (Å²) in [5, 5.41) is 0.603. The maximum Gasteiger partial charge on any atom is 0.330 e. The van der Waals surface area contributed by atoms with Crippen LogP contribution >= 0.6 is 11.6 Å². The molecule has 158 valence electrons. The molecule has 0 aliphatic carbocycles. The molecule has 0 unspecified atom stereocenters. The monoisotopic (exact) mass is 422 g/mol. The van der Waals surface area contributed by atoms with Gasteiger partial charge in [0.1, 0.15) is 11.6 Å². The molecule has 0 atom stereocenters. The van der Waals surface area contributed by atoms with E-state index < -0.39 is 17.2 Å². The number of H-pyrrole nitrogens is 1. The normalized spacial score (nSPS) is 10.8. The highest BCUT2D eigenvalue weighted by atomic mass is 35.5. The number of carbonyl (C=O) groups is 1. The van der Waals surface area contributed by atoms with E-state index >= 15 is 0 Å². The molecular formula is C20H27ClN4O4. The first-order valence-electron chi connectivity index (χ1n) is 9.62. The highest BCUT2D eigenvalue weighted by molar-refractivity contribution is 6.31. The van der Waals surface area contributed by atoms with E-state index in [0.29, 0.717) is 30.2 Å². The van der Waals surface area contributed by atoms with Crippen LogP contribution in [0.5, 0.6) is 5.75 Å². The summed E-state index contributed by atoms with van der Waals surface area (Å²) < 4.78 is 6.87. The van der Waals surface area contributed by atoms with Gasteiger partial charge in [-0.05, 0) is 43.5 Å². The van der Waals surface area contributed by atoms with E-state index in [4.69, 9.17) is 22.1 Å². The number of hydrogen-bond donors (Lipinski definition) is 2. The predicted octanol–water partition coefficient (Wildman–Crippen LogP) is 2.70. The number of aromatic nitrogens is 2. The minimum Gasteiger partial charge on any atom is -0.484 e. The van der Waals surface area contributed by atoms with E-state index in [9.17, 15) is 14.4 Å². The predicted molar refractivity (Wildman–Crippen MR) is 115 cm³/mol. The number of hydrogen-bond acceptors (Lipinski definition) is 5. The molecule has 0 aliphatic rings. The third-order valence-corrected chi connectivity index (χ3v) is 4.88. The van der Waals surface area contributed by atoms with Gasteiger partial charge in [0.15, 0.2) is 12.3 Å². The van der Waals surface area contributed by atoms with Gasteiger partial charge in [0.05, 0.1) is 0 Å². The number of nitrogen functional groups attached to an aromatic ring is 1. The second kappa shape index (κ2) is 10.2. The second-order valence-corrected chi connectivity index (χ2v) is 7.15. The fourth-order valence-corrected chi connectivity index (χ4v) is 3.01. The Hall–Kier alpha value is -2.74. The summed E-state index contributed by atoms with van der Waals surface area (Å²) in [5.74, 6) is 0.0471. The lowest BCUT2D eigenvalue weighted by Gasteiger charge is -2.24. The molecule has 0 saturated carbocycles. The van der Waals surface area contributed by atoms with E-state index in [1.165, 1.54) is 9.47 Å². The molecular weight excluding hydrogens is 396 g/mol.